The minimum absolute atomic E-state index is 0.0965. The molecule has 0 saturated carbocycles. The smallest absolute Gasteiger partial charge is 0.238 e. The normalized spacial score (nSPS) is 15.7. The van der Waals surface area contributed by atoms with Crippen LogP contribution in [0.25, 0.3) is 0 Å². The van der Waals surface area contributed by atoms with Gasteiger partial charge in [-0.1, -0.05) is 0 Å². The van der Waals surface area contributed by atoms with Crippen LogP contribution in [-0.2, 0) is 27.8 Å². The fraction of sp³-hybridized carbons (Fsp3) is 0.545. The lowest BCUT2D eigenvalue weighted by Crippen LogP contribution is -2.42. The van der Waals surface area contributed by atoms with Gasteiger partial charge in [-0.15, -0.1) is 11.3 Å². The van der Waals surface area contributed by atoms with Crippen LogP contribution < -0.4 is 0 Å². The fourth-order valence-corrected chi connectivity index (χ4v) is 4.06. The summed E-state index contributed by atoms with van der Waals surface area (Å²) in [5, 5.41) is 0. The number of fused-ring (bicyclic) bond motifs is 1. The Bertz CT molecular complexity index is 597. The number of likely N-dealkylation sites (N-methyl/N-ethyl adjacent to an activating group) is 1. The monoisotopic (exact) mass is 366 g/mol. The van der Waals surface area contributed by atoms with Crippen LogP contribution in [0.5, 0.6) is 0 Å². The van der Waals surface area contributed by atoms with E-state index in [9.17, 15) is 13.2 Å². The van der Waals surface area contributed by atoms with Crippen LogP contribution in [0.3, 0.4) is 0 Å². The molecule has 1 amide bonds. The predicted molar refractivity (Wildman–Crippen MR) is 78.6 cm³/mol. The summed E-state index contributed by atoms with van der Waals surface area (Å²) in [6, 6.07) is 2.09. The molecule has 106 valence electrons. The number of nitrogens with zero attached hydrogens (tertiary/aromatic N) is 2. The Morgan fingerprint density at radius 3 is 2.89 bits per heavy atom. The summed E-state index contributed by atoms with van der Waals surface area (Å²) in [5.41, 5.74) is 1.28. The Balaban J connectivity index is 2.03. The molecular formula is C11H15BrN2O3S2. The molecule has 1 aliphatic rings. The Kier molecular flexibility index (Phi) is 4.34. The number of carbonyl (C=O) groups excluding carboxylic acids is 1. The second-order valence-corrected chi connectivity index (χ2v) is 9.19. The molecule has 0 unspecified atom stereocenters. The van der Waals surface area contributed by atoms with Gasteiger partial charge >= 0.3 is 0 Å². The van der Waals surface area contributed by atoms with Gasteiger partial charge in [-0.3, -0.25) is 4.79 Å². The molecule has 1 aromatic heterocycles. The van der Waals surface area contributed by atoms with Crippen molar-refractivity contribution in [1.29, 1.82) is 0 Å². The van der Waals surface area contributed by atoms with E-state index in [1.54, 1.807) is 16.2 Å². The van der Waals surface area contributed by atoms with Crippen molar-refractivity contribution >= 4 is 43.2 Å². The molecule has 1 aliphatic heterocycles. The highest BCUT2D eigenvalue weighted by Crippen LogP contribution is 2.31. The van der Waals surface area contributed by atoms with Crippen molar-refractivity contribution in [2.75, 3.05) is 26.4 Å². The molecule has 0 bridgehead atoms. The Morgan fingerprint density at radius 1 is 1.58 bits per heavy atom. The molecule has 19 heavy (non-hydrogen) atoms. The van der Waals surface area contributed by atoms with Gasteiger partial charge in [0, 0.05) is 18.5 Å². The highest BCUT2D eigenvalue weighted by atomic mass is 79.9. The number of amides is 1. The molecule has 0 N–H and O–H groups in total. The van der Waals surface area contributed by atoms with Gasteiger partial charge in [0.25, 0.3) is 0 Å². The molecular weight excluding hydrogens is 352 g/mol. The van der Waals surface area contributed by atoms with Gasteiger partial charge in [0.1, 0.15) is 0 Å². The van der Waals surface area contributed by atoms with Crippen LogP contribution in [0, 0.1) is 0 Å². The topological polar surface area (TPSA) is 57.7 Å². The van der Waals surface area contributed by atoms with E-state index in [0.717, 1.165) is 20.8 Å². The number of hydrogen-bond acceptors (Lipinski definition) is 4. The van der Waals surface area contributed by atoms with Crippen LogP contribution in [0.15, 0.2) is 9.85 Å². The van der Waals surface area contributed by atoms with Gasteiger partial charge in [0.2, 0.25) is 15.9 Å². The van der Waals surface area contributed by atoms with Gasteiger partial charge in [0.05, 0.1) is 23.1 Å². The molecule has 2 rings (SSSR count). The zero-order valence-electron chi connectivity index (χ0n) is 10.7. The third kappa shape index (κ3) is 3.56. The van der Waals surface area contributed by atoms with Crippen LogP contribution >= 0.6 is 27.3 Å². The summed E-state index contributed by atoms with van der Waals surface area (Å²) in [7, 11) is -1.89. The quantitative estimate of drug-likeness (QED) is 0.809. The number of thiophene rings is 1. The first-order valence-electron chi connectivity index (χ1n) is 5.73. The summed E-state index contributed by atoms with van der Waals surface area (Å²) in [6.45, 7) is 1.12. The van der Waals surface area contributed by atoms with Gasteiger partial charge in [-0.05, 0) is 34.0 Å². The van der Waals surface area contributed by atoms with Gasteiger partial charge in [-0.2, -0.15) is 4.31 Å². The van der Waals surface area contributed by atoms with Gasteiger partial charge < -0.3 is 4.90 Å². The average molecular weight is 367 g/mol. The Hall–Kier alpha value is -0.440. The molecule has 0 spiro atoms. The zero-order valence-corrected chi connectivity index (χ0v) is 13.9. The standard InChI is InChI=1S/C11H15BrN2O3S2/c1-13(19(2,16)17)7-11(15)14-4-3-8-5-10(12)18-9(8)6-14/h5H,3-4,6-7H2,1-2H3. The molecule has 0 atom stereocenters. The maximum atomic E-state index is 12.1. The Morgan fingerprint density at radius 2 is 2.26 bits per heavy atom. The third-order valence-electron chi connectivity index (χ3n) is 3.13. The first-order valence-corrected chi connectivity index (χ1v) is 9.19. The van der Waals surface area contributed by atoms with Crippen molar-refractivity contribution in [2.24, 2.45) is 0 Å². The van der Waals surface area contributed by atoms with Crippen molar-refractivity contribution < 1.29 is 13.2 Å². The minimum Gasteiger partial charge on any atom is -0.336 e. The van der Waals surface area contributed by atoms with E-state index >= 15 is 0 Å². The molecule has 0 saturated heterocycles. The zero-order chi connectivity index (χ0) is 14.2. The Labute approximate surface area is 125 Å². The second-order valence-electron chi connectivity index (χ2n) is 4.58. The minimum atomic E-state index is -3.31. The van der Waals surface area contributed by atoms with E-state index in [1.807, 2.05) is 0 Å². The highest BCUT2D eigenvalue weighted by molar-refractivity contribution is 9.11. The number of sulfonamides is 1. The summed E-state index contributed by atoms with van der Waals surface area (Å²) in [4.78, 5) is 15.0. The predicted octanol–water partition coefficient (Wildman–Crippen LogP) is 1.29. The number of hydrogen-bond donors (Lipinski definition) is 0. The summed E-state index contributed by atoms with van der Waals surface area (Å²) < 4.78 is 24.8. The summed E-state index contributed by atoms with van der Waals surface area (Å²) >= 11 is 5.07. The van der Waals surface area contributed by atoms with Crippen molar-refractivity contribution in [1.82, 2.24) is 9.21 Å². The first-order chi connectivity index (χ1) is 8.77. The van der Waals surface area contributed by atoms with Crippen molar-refractivity contribution in [3.63, 3.8) is 0 Å². The highest BCUT2D eigenvalue weighted by Gasteiger charge is 2.25. The van der Waals surface area contributed by atoms with Crippen LogP contribution in [0.2, 0.25) is 0 Å². The van der Waals surface area contributed by atoms with Crippen LogP contribution in [0.4, 0.5) is 0 Å². The first kappa shape index (κ1) is 15.0. The van der Waals surface area contributed by atoms with E-state index in [4.69, 9.17) is 0 Å². The molecule has 2 heterocycles. The van der Waals surface area contributed by atoms with E-state index < -0.39 is 10.0 Å². The van der Waals surface area contributed by atoms with E-state index in [2.05, 4.69) is 22.0 Å². The summed E-state index contributed by atoms with van der Waals surface area (Å²) in [6.07, 6.45) is 1.93. The maximum absolute atomic E-state index is 12.1. The molecule has 5 nitrogen and oxygen atoms in total. The van der Waals surface area contributed by atoms with Crippen molar-refractivity contribution in [2.45, 2.75) is 13.0 Å². The van der Waals surface area contributed by atoms with Gasteiger partial charge in [0.15, 0.2) is 0 Å². The molecule has 0 fully saturated rings. The molecule has 1 aromatic rings. The fourth-order valence-electron chi connectivity index (χ4n) is 1.90. The average Bonchev–Trinajstić information content (AvgIpc) is 2.66. The number of carbonyl (C=O) groups is 1. The van der Waals surface area contributed by atoms with E-state index in [-0.39, 0.29) is 12.5 Å². The van der Waals surface area contributed by atoms with Crippen LogP contribution in [-0.4, -0.2) is 49.9 Å². The van der Waals surface area contributed by atoms with E-state index in [0.29, 0.717) is 13.1 Å². The largest absolute Gasteiger partial charge is 0.336 e. The summed E-state index contributed by atoms with van der Waals surface area (Å²) in [5.74, 6) is -0.150. The molecule has 0 aromatic carbocycles. The molecule has 0 aliphatic carbocycles. The van der Waals surface area contributed by atoms with Crippen molar-refractivity contribution in [3.8, 4) is 0 Å². The molecule has 0 radical (unpaired) electrons. The number of rotatable bonds is 3. The SMILES string of the molecule is CN(CC(=O)N1CCc2cc(Br)sc2C1)S(C)(=O)=O. The lowest BCUT2D eigenvalue weighted by atomic mass is 10.1. The van der Waals surface area contributed by atoms with Crippen LogP contribution in [0.1, 0.15) is 10.4 Å². The third-order valence-corrected chi connectivity index (χ3v) is 6.06. The maximum Gasteiger partial charge on any atom is 0.238 e. The lowest BCUT2D eigenvalue weighted by molar-refractivity contribution is -0.132. The number of halogens is 1. The molecule has 8 heteroatoms. The lowest BCUT2D eigenvalue weighted by Gasteiger charge is -2.28. The second kappa shape index (κ2) is 5.51. The van der Waals surface area contributed by atoms with E-state index in [1.165, 1.54) is 17.5 Å². The van der Waals surface area contributed by atoms with Gasteiger partial charge in [-0.25, -0.2) is 8.42 Å². The van der Waals surface area contributed by atoms with Crippen molar-refractivity contribution in [3.05, 3.63) is 20.3 Å².